The zero-order valence-corrected chi connectivity index (χ0v) is 10.4. The van der Waals surface area contributed by atoms with Gasteiger partial charge in [0.2, 0.25) is 5.96 Å². The van der Waals surface area contributed by atoms with Crippen LogP contribution in [0.1, 0.15) is 0 Å². The highest BCUT2D eigenvalue weighted by Crippen LogP contribution is 2.29. The summed E-state index contributed by atoms with van der Waals surface area (Å²) in [6, 6.07) is 4.26. The Hall–Kier alpha value is -2.09. The van der Waals surface area contributed by atoms with Crippen molar-refractivity contribution in [1.82, 2.24) is 0 Å². The first-order valence-corrected chi connectivity index (χ1v) is 5.40. The van der Waals surface area contributed by atoms with E-state index in [-0.39, 0.29) is 22.7 Å². The minimum Gasteiger partial charge on any atom is -0.486 e. The number of nitrogens with two attached hydrogens (primary N) is 3. The van der Waals surface area contributed by atoms with Crippen molar-refractivity contribution in [2.75, 3.05) is 6.61 Å². The number of rotatable bonds is 4. The lowest BCUT2D eigenvalue weighted by atomic mass is 10.3. The Bertz CT molecular complexity index is 503. The minimum atomic E-state index is -2.58. The molecule has 0 amide bonds. The van der Waals surface area contributed by atoms with E-state index in [2.05, 4.69) is 9.98 Å². The van der Waals surface area contributed by atoms with Gasteiger partial charge in [0.05, 0.1) is 10.7 Å². The molecule has 6 nitrogen and oxygen atoms in total. The molecule has 104 valence electrons. The van der Waals surface area contributed by atoms with Crippen molar-refractivity contribution in [3.05, 3.63) is 23.2 Å². The average molecular weight is 292 g/mol. The Morgan fingerprint density at radius 2 is 2.00 bits per heavy atom. The number of alkyl halides is 2. The molecule has 0 aliphatic carbocycles. The molecule has 1 rings (SSSR count). The van der Waals surface area contributed by atoms with Gasteiger partial charge in [0, 0.05) is 0 Å². The van der Waals surface area contributed by atoms with E-state index in [4.69, 9.17) is 33.5 Å². The maximum atomic E-state index is 12.0. The molecule has 0 radical (unpaired) electrons. The van der Waals surface area contributed by atoms with E-state index >= 15 is 0 Å². The Morgan fingerprint density at radius 3 is 2.53 bits per heavy atom. The summed E-state index contributed by atoms with van der Waals surface area (Å²) in [6.07, 6.45) is -2.58. The van der Waals surface area contributed by atoms with Crippen LogP contribution in [0.25, 0.3) is 0 Å². The SMILES string of the molecule is NC(N)=NC(N)=Nc1ccc(OCC(F)F)c(Cl)c1. The maximum absolute atomic E-state index is 12.0. The second kappa shape index (κ2) is 6.74. The molecule has 1 aromatic carbocycles. The molecular weight excluding hydrogens is 280 g/mol. The van der Waals surface area contributed by atoms with Gasteiger partial charge in [-0.25, -0.2) is 13.8 Å². The van der Waals surface area contributed by atoms with Crippen LogP contribution in [-0.4, -0.2) is 25.0 Å². The summed E-state index contributed by atoms with van der Waals surface area (Å²) in [6.45, 7) is -0.738. The molecule has 0 saturated heterocycles. The third-order valence-corrected chi connectivity index (χ3v) is 2.06. The second-order valence-corrected chi connectivity index (χ2v) is 3.73. The van der Waals surface area contributed by atoms with Crippen LogP contribution in [0.4, 0.5) is 14.5 Å². The van der Waals surface area contributed by atoms with Crippen LogP contribution in [0.2, 0.25) is 5.02 Å². The van der Waals surface area contributed by atoms with E-state index in [1.165, 1.54) is 18.2 Å². The molecule has 0 spiro atoms. The fourth-order valence-corrected chi connectivity index (χ4v) is 1.35. The molecule has 0 saturated carbocycles. The largest absolute Gasteiger partial charge is 0.486 e. The normalized spacial score (nSPS) is 11.5. The fourth-order valence-electron chi connectivity index (χ4n) is 1.12. The van der Waals surface area contributed by atoms with Gasteiger partial charge in [0.15, 0.2) is 5.96 Å². The van der Waals surface area contributed by atoms with Gasteiger partial charge in [0.1, 0.15) is 12.4 Å². The van der Waals surface area contributed by atoms with Crippen molar-refractivity contribution in [3.63, 3.8) is 0 Å². The summed E-state index contributed by atoms with van der Waals surface area (Å²) in [4.78, 5) is 7.37. The molecule has 0 bridgehead atoms. The monoisotopic (exact) mass is 291 g/mol. The fraction of sp³-hybridized carbons (Fsp3) is 0.200. The van der Waals surface area contributed by atoms with Crippen molar-refractivity contribution < 1.29 is 13.5 Å². The first kappa shape index (κ1) is 15.0. The van der Waals surface area contributed by atoms with Gasteiger partial charge in [-0.3, -0.25) is 0 Å². The summed E-state index contributed by atoms with van der Waals surface area (Å²) < 4.78 is 28.8. The molecule has 0 aromatic heterocycles. The topological polar surface area (TPSA) is 112 Å². The van der Waals surface area contributed by atoms with E-state index in [1.54, 1.807) is 0 Å². The molecule has 19 heavy (non-hydrogen) atoms. The van der Waals surface area contributed by atoms with Gasteiger partial charge in [-0.2, -0.15) is 4.99 Å². The zero-order chi connectivity index (χ0) is 14.4. The number of hydrogen-bond donors (Lipinski definition) is 3. The smallest absolute Gasteiger partial charge is 0.272 e. The van der Waals surface area contributed by atoms with E-state index in [0.29, 0.717) is 5.69 Å². The van der Waals surface area contributed by atoms with E-state index in [9.17, 15) is 8.78 Å². The van der Waals surface area contributed by atoms with Crippen molar-refractivity contribution in [3.8, 4) is 5.75 Å². The molecule has 9 heteroatoms. The second-order valence-electron chi connectivity index (χ2n) is 3.32. The summed E-state index contributed by atoms with van der Waals surface area (Å²) in [5.74, 6) is -0.261. The van der Waals surface area contributed by atoms with Crippen LogP contribution < -0.4 is 21.9 Å². The van der Waals surface area contributed by atoms with Gasteiger partial charge in [0.25, 0.3) is 6.43 Å². The molecule has 6 N–H and O–H groups in total. The highest BCUT2D eigenvalue weighted by molar-refractivity contribution is 6.32. The maximum Gasteiger partial charge on any atom is 0.272 e. The molecule has 0 atom stereocenters. The van der Waals surface area contributed by atoms with Gasteiger partial charge in [-0.15, -0.1) is 0 Å². The number of benzene rings is 1. The highest BCUT2D eigenvalue weighted by atomic mass is 35.5. The number of aliphatic imine (C=N–C) groups is 2. The zero-order valence-electron chi connectivity index (χ0n) is 9.69. The molecular formula is C10H12ClF2N5O. The number of ether oxygens (including phenoxy) is 1. The molecule has 0 heterocycles. The van der Waals surface area contributed by atoms with Crippen molar-refractivity contribution in [2.45, 2.75) is 6.43 Å². The van der Waals surface area contributed by atoms with Gasteiger partial charge in [-0.1, -0.05) is 11.6 Å². The van der Waals surface area contributed by atoms with Crippen molar-refractivity contribution in [1.29, 1.82) is 0 Å². The van der Waals surface area contributed by atoms with E-state index in [0.717, 1.165) is 0 Å². The lowest BCUT2D eigenvalue weighted by Gasteiger charge is -2.07. The lowest BCUT2D eigenvalue weighted by molar-refractivity contribution is 0.0819. The number of nitrogens with zero attached hydrogens (tertiary/aromatic N) is 2. The Kier molecular flexibility index (Phi) is 5.31. The van der Waals surface area contributed by atoms with Gasteiger partial charge in [-0.05, 0) is 18.2 Å². The van der Waals surface area contributed by atoms with Crippen LogP contribution in [0.3, 0.4) is 0 Å². The standard InChI is InChI=1S/C10H12ClF2N5O/c11-6-3-5(17-10(16)18-9(14)15)1-2-7(6)19-4-8(12)13/h1-3,8H,4H2,(H6,14,15,16,17,18). The van der Waals surface area contributed by atoms with Crippen LogP contribution in [0.5, 0.6) is 5.75 Å². The first-order valence-electron chi connectivity index (χ1n) is 5.02. The first-order chi connectivity index (χ1) is 8.88. The van der Waals surface area contributed by atoms with Crippen molar-refractivity contribution >= 4 is 29.2 Å². The molecule has 0 aliphatic rings. The summed E-state index contributed by atoms with van der Waals surface area (Å²) in [5.41, 5.74) is 16.0. The summed E-state index contributed by atoms with van der Waals surface area (Å²) >= 11 is 5.84. The van der Waals surface area contributed by atoms with Crippen LogP contribution >= 0.6 is 11.6 Å². The quantitative estimate of drug-likeness (QED) is 0.571. The summed E-state index contributed by atoms with van der Waals surface area (Å²) in [5, 5.41) is 0.124. The highest BCUT2D eigenvalue weighted by Gasteiger charge is 2.07. The Labute approximate surface area is 112 Å². The molecule has 1 aromatic rings. The van der Waals surface area contributed by atoms with E-state index < -0.39 is 13.0 Å². The Balaban J connectivity index is 2.85. The minimum absolute atomic E-state index is 0.124. The van der Waals surface area contributed by atoms with Gasteiger partial charge >= 0.3 is 0 Å². The summed E-state index contributed by atoms with van der Waals surface area (Å²) in [7, 11) is 0. The molecule has 0 fully saturated rings. The number of hydrogen-bond acceptors (Lipinski definition) is 2. The van der Waals surface area contributed by atoms with E-state index in [1.807, 2.05) is 0 Å². The van der Waals surface area contributed by atoms with Gasteiger partial charge < -0.3 is 21.9 Å². The molecule has 0 aliphatic heterocycles. The van der Waals surface area contributed by atoms with Crippen LogP contribution in [0.15, 0.2) is 28.2 Å². The predicted octanol–water partition coefficient (Wildman–Crippen LogP) is 1.20. The van der Waals surface area contributed by atoms with Crippen LogP contribution in [-0.2, 0) is 0 Å². The Morgan fingerprint density at radius 1 is 1.32 bits per heavy atom. The third kappa shape index (κ3) is 5.38. The number of guanidine groups is 2. The number of halogens is 3. The van der Waals surface area contributed by atoms with Crippen LogP contribution in [0, 0.1) is 0 Å². The lowest BCUT2D eigenvalue weighted by Crippen LogP contribution is -2.26. The third-order valence-electron chi connectivity index (χ3n) is 1.77. The van der Waals surface area contributed by atoms with Crippen molar-refractivity contribution in [2.24, 2.45) is 27.2 Å². The molecule has 0 unspecified atom stereocenters. The predicted molar refractivity (Wildman–Crippen MR) is 70.0 cm³/mol. The average Bonchev–Trinajstić information content (AvgIpc) is 2.26.